The van der Waals surface area contributed by atoms with Crippen LogP contribution in [-0.2, 0) is 0 Å². The number of fused-ring (bicyclic) bond motifs is 3. The molecule has 22 heavy (non-hydrogen) atoms. The van der Waals surface area contributed by atoms with E-state index in [1.807, 2.05) is 36.4 Å². The van der Waals surface area contributed by atoms with E-state index in [-0.39, 0.29) is 0 Å². The van der Waals surface area contributed by atoms with Gasteiger partial charge in [-0.1, -0.05) is 6.07 Å². The van der Waals surface area contributed by atoms with Gasteiger partial charge >= 0.3 is 0 Å². The molecule has 0 N–H and O–H groups in total. The average Bonchev–Trinajstić information content (AvgIpc) is 2.59. The first-order valence-electron chi connectivity index (χ1n) is 6.78. The van der Waals surface area contributed by atoms with Crippen molar-refractivity contribution in [2.24, 2.45) is 0 Å². The fraction of sp³-hybridized carbons (Fsp3) is 0.167. The zero-order valence-electron chi connectivity index (χ0n) is 12.6. The Morgan fingerprint density at radius 2 is 1.45 bits per heavy atom. The summed E-state index contributed by atoms with van der Waals surface area (Å²) in [4.78, 5) is 0. The molecule has 0 aromatic heterocycles. The van der Waals surface area contributed by atoms with Gasteiger partial charge < -0.3 is 14.2 Å². The molecular formula is C18H15NO3. The van der Waals surface area contributed by atoms with E-state index >= 15 is 0 Å². The van der Waals surface area contributed by atoms with Crippen LogP contribution in [0.25, 0.3) is 21.5 Å². The topological polar surface area (TPSA) is 51.5 Å². The van der Waals surface area contributed by atoms with Gasteiger partial charge in [0.2, 0.25) is 0 Å². The molecule has 4 heteroatoms. The molecule has 0 aliphatic carbocycles. The fourth-order valence-corrected chi connectivity index (χ4v) is 2.67. The molecule has 0 saturated carbocycles. The van der Waals surface area contributed by atoms with Crippen LogP contribution in [0, 0.1) is 11.3 Å². The zero-order valence-corrected chi connectivity index (χ0v) is 12.6. The molecule has 0 aliphatic heterocycles. The highest BCUT2D eigenvalue weighted by atomic mass is 16.5. The summed E-state index contributed by atoms with van der Waals surface area (Å²) < 4.78 is 16.0. The molecule has 0 bridgehead atoms. The van der Waals surface area contributed by atoms with Gasteiger partial charge in [-0.05, 0) is 46.5 Å². The summed E-state index contributed by atoms with van der Waals surface area (Å²) in [5.74, 6) is 2.01. The van der Waals surface area contributed by atoms with Gasteiger partial charge in [-0.2, -0.15) is 5.26 Å². The van der Waals surface area contributed by atoms with E-state index in [0.717, 1.165) is 27.3 Å². The van der Waals surface area contributed by atoms with Crippen LogP contribution in [0.5, 0.6) is 17.2 Å². The molecule has 0 aliphatic rings. The van der Waals surface area contributed by atoms with Crippen LogP contribution < -0.4 is 14.2 Å². The highest BCUT2D eigenvalue weighted by molar-refractivity contribution is 6.11. The van der Waals surface area contributed by atoms with Crippen molar-refractivity contribution < 1.29 is 14.2 Å². The lowest BCUT2D eigenvalue weighted by molar-refractivity contribution is 0.356. The van der Waals surface area contributed by atoms with Crippen molar-refractivity contribution in [3.63, 3.8) is 0 Å². The minimum atomic E-state index is 0.605. The number of nitriles is 1. The first-order valence-corrected chi connectivity index (χ1v) is 6.78. The number of rotatable bonds is 3. The molecule has 0 atom stereocenters. The maximum atomic E-state index is 9.44. The predicted octanol–water partition coefficient (Wildman–Crippen LogP) is 3.89. The van der Waals surface area contributed by atoms with Gasteiger partial charge in [0.1, 0.15) is 5.75 Å². The van der Waals surface area contributed by atoms with Gasteiger partial charge in [0.05, 0.1) is 33.0 Å². The van der Waals surface area contributed by atoms with Crippen LogP contribution in [0.1, 0.15) is 5.56 Å². The molecule has 0 heterocycles. The Bertz CT molecular complexity index is 910. The third-order valence-electron chi connectivity index (χ3n) is 3.78. The van der Waals surface area contributed by atoms with Crippen molar-refractivity contribution in [2.75, 3.05) is 21.3 Å². The molecule has 0 unspecified atom stereocenters. The zero-order chi connectivity index (χ0) is 15.7. The predicted molar refractivity (Wildman–Crippen MR) is 85.8 cm³/mol. The molecule has 4 nitrogen and oxygen atoms in total. The van der Waals surface area contributed by atoms with Crippen LogP contribution in [0.4, 0.5) is 0 Å². The monoisotopic (exact) mass is 293 g/mol. The van der Waals surface area contributed by atoms with Crippen molar-refractivity contribution >= 4 is 21.5 Å². The second-order valence-electron chi connectivity index (χ2n) is 4.88. The highest BCUT2D eigenvalue weighted by Crippen LogP contribution is 2.38. The van der Waals surface area contributed by atoms with E-state index < -0.39 is 0 Å². The van der Waals surface area contributed by atoms with Crippen molar-refractivity contribution in [1.29, 1.82) is 5.26 Å². The number of methoxy groups -OCH3 is 3. The number of benzene rings is 3. The van der Waals surface area contributed by atoms with Crippen molar-refractivity contribution in [1.82, 2.24) is 0 Å². The summed E-state index contributed by atoms with van der Waals surface area (Å²) >= 11 is 0. The highest BCUT2D eigenvalue weighted by Gasteiger charge is 2.13. The number of ether oxygens (including phenoxy) is 3. The minimum Gasteiger partial charge on any atom is -0.497 e. The fourth-order valence-electron chi connectivity index (χ4n) is 2.67. The Labute approximate surface area is 128 Å². The van der Waals surface area contributed by atoms with Crippen molar-refractivity contribution in [2.45, 2.75) is 0 Å². The lowest BCUT2D eigenvalue weighted by Crippen LogP contribution is -1.93. The van der Waals surface area contributed by atoms with Crippen LogP contribution in [0.2, 0.25) is 0 Å². The van der Waals surface area contributed by atoms with E-state index in [9.17, 15) is 5.26 Å². The normalized spacial score (nSPS) is 10.5. The molecule has 3 rings (SSSR count). The molecule has 0 amide bonds. The van der Waals surface area contributed by atoms with E-state index in [1.165, 1.54) is 0 Å². The molecule has 0 spiro atoms. The second-order valence-corrected chi connectivity index (χ2v) is 4.88. The third kappa shape index (κ3) is 2.08. The first-order chi connectivity index (χ1) is 10.7. The maximum Gasteiger partial charge on any atom is 0.161 e. The summed E-state index contributed by atoms with van der Waals surface area (Å²) in [6.07, 6.45) is 0. The van der Waals surface area contributed by atoms with Crippen LogP contribution >= 0.6 is 0 Å². The first kappa shape index (κ1) is 14.0. The number of hydrogen-bond acceptors (Lipinski definition) is 4. The summed E-state index contributed by atoms with van der Waals surface area (Å²) in [5, 5.41) is 13.2. The van der Waals surface area contributed by atoms with Crippen LogP contribution in [-0.4, -0.2) is 21.3 Å². The SMILES string of the molecule is COc1ccc2cc(C#N)c3cc(OC)c(OC)cc3c2c1. The average molecular weight is 293 g/mol. The van der Waals surface area contributed by atoms with Crippen molar-refractivity contribution in [3.05, 3.63) is 42.0 Å². The molecule has 3 aromatic carbocycles. The molecule has 0 radical (unpaired) electrons. The van der Waals surface area contributed by atoms with Gasteiger partial charge in [0.15, 0.2) is 11.5 Å². The van der Waals surface area contributed by atoms with Gasteiger partial charge in [0.25, 0.3) is 0 Å². The lowest BCUT2D eigenvalue weighted by atomic mass is 9.97. The summed E-state index contributed by atoms with van der Waals surface area (Å²) in [7, 11) is 4.82. The van der Waals surface area contributed by atoms with Gasteiger partial charge in [-0.25, -0.2) is 0 Å². The Balaban J connectivity index is 2.49. The summed E-state index contributed by atoms with van der Waals surface area (Å²) in [5.41, 5.74) is 0.605. The van der Waals surface area contributed by atoms with E-state index in [1.54, 1.807) is 21.3 Å². The van der Waals surface area contributed by atoms with E-state index in [4.69, 9.17) is 14.2 Å². The largest absolute Gasteiger partial charge is 0.497 e. The quantitative estimate of drug-likeness (QED) is 0.687. The Hall–Kier alpha value is -2.93. The van der Waals surface area contributed by atoms with Crippen LogP contribution in [0.15, 0.2) is 36.4 Å². The van der Waals surface area contributed by atoms with E-state index in [0.29, 0.717) is 17.1 Å². The molecule has 0 saturated heterocycles. The molecule has 3 aromatic rings. The lowest BCUT2D eigenvalue weighted by Gasteiger charge is -2.12. The molecule has 110 valence electrons. The van der Waals surface area contributed by atoms with Gasteiger partial charge in [-0.3, -0.25) is 0 Å². The number of hydrogen-bond donors (Lipinski definition) is 0. The summed E-state index contributed by atoms with van der Waals surface area (Å²) in [6, 6.07) is 13.7. The van der Waals surface area contributed by atoms with Gasteiger partial charge in [0, 0.05) is 5.39 Å². The Morgan fingerprint density at radius 3 is 2.05 bits per heavy atom. The van der Waals surface area contributed by atoms with Gasteiger partial charge in [-0.15, -0.1) is 0 Å². The van der Waals surface area contributed by atoms with Crippen molar-refractivity contribution in [3.8, 4) is 23.3 Å². The van der Waals surface area contributed by atoms with E-state index in [2.05, 4.69) is 6.07 Å². The van der Waals surface area contributed by atoms with Crippen LogP contribution in [0.3, 0.4) is 0 Å². The molecule has 0 fully saturated rings. The third-order valence-corrected chi connectivity index (χ3v) is 3.78. The standard InChI is InChI=1S/C18H15NO3/c1-20-13-5-4-11-6-12(10-19)15-8-17(21-2)18(22-3)9-16(15)14(11)7-13/h4-9H,1-3H3. The summed E-state index contributed by atoms with van der Waals surface area (Å²) in [6.45, 7) is 0. The second kappa shape index (κ2) is 5.45. The smallest absolute Gasteiger partial charge is 0.161 e. The molecular weight excluding hydrogens is 278 g/mol. The Morgan fingerprint density at radius 1 is 0.773 bits per heavy atom. The minimum absolute atomic E-state index is 0.605. The maximum absolute atomic E-state index is 9.44. The number of nitrogens with zero attached hydrogens (tertiary/aromatic N) is 1. The Kier molecular flexibility index (Phi) is 3.48.